The summed E-state index contributed by atoms with van der Waals surface area (Å²) in [5.41, 5.74) is 0.765. The van der Waals surface area contributed by atoms with E-state index in [4.69, 9.17) is 16.3 Å². The molecule has 0 aliphatic heterocycles. The quantitative estimate of drug-likeness (QED) is 0.404. The van der Waals surface area contributed by atoms with Crippen LogP contribution in [0.5, 0.6) is 5.75 Å². The third-order valence-electron chi connectivity index (χ3n) is 5.58. The molecule has 0 aliphatic carbocycles. The van der Waals surface area contributed by atoms with Crippen molar-refractivity contribution >= 4 is 33.4 Å². The van der Waals surface area contributed by atoms with Crippen LogP contribution in [0.15, 0.2) is 53.4 Å². The summed E-state index contributed by atoms with van der Waals surface area (Å²) in [6, 6.07) is 12.2. The largest absolute Gasteiger partial charge is 0.497 e. The Morgan fingerprint density at radius 1 is 1.11 bits per heavy atom. The molecule has 2 amide bonds. The molecule has 8 nitrogen and oxygen atoms in total. The normalized spacial score (nSPS) is 12.3. The number of ether oxygens (including phenoxy) is 1. The minimum absolute atomic E-state index is 0.0286. The van der Waals surface area contributed by atoms with E-state index >= 15 is 0 Å². The summed E-state index contributed by atoms with van der Waals surface area (Å²) < 4.78 is 32.3. The lowest BCUT2D eigenvalue weighted by Gasteiger charge is -2.32. The van der Waals surface area contributed by atoms with Crippen molar-refractivity contribution in [3.05, 3.63) is 59.1 Å². The summed E-state index contributed by atoms with van der Waals surface area (Å²) in [5, 5.41) is 3.30. The monoisotopic (exact) mass is 523 g/mol. The maximum Gasteiger partial charge on any atom is 0.243 e. The van der Waals surface area contributed by atoms with Crippen LogP contribution in [0.4, 0.5) is 0 Å². The van der Waals surface area contributed by atoms with Crippen LogP contribution in [-0.4, -0.2) is 62.7 Å². The van der Waals surface area contributed by atoms with Crippen molar-refractivity contribution in [3.8, 4) is 5.75 Å². The second kappa shape index (κ2) is 13.5. The molecule has 1 atom stereocenters. The van der Waals surface area contributed by atoms with Crippen LogP contribution in [0.2, 0.25) is 5.02 Å². The maximum atomic E-state index is 13.5. The van der Waals surface area contributed by atoms with Crippen LogP contribution >= 0.6 is 11.6 Å². The highest BCUT2D eigenvalue weighted by atomic mass is 35.5. The Balaban J connectivity index is 2.31. The van der Waals surface area contributed by atoms with Crippen molar-refractivity contribution in [2.45, 2.75) is 50.6 Å². The van der Waals surface area contributed by atoms with E-state index in [1.54, 1.807) is 25.3 Å². The van der Waals surface area contributed by atoms with Crippen LogP contribution < -0.4 is 10.1 Å². The average molecular weight is 524 g/mol. The van der Waals surface area contributed by atoms with Crippen LogP contribution in [-0.2, 0) is 26.2 Å². The Hall–Kier alpha value is -2.62. The van der Waals surface area contributed by atoms with Crippen molar-refractivity contribution in [1.29, 1.82) is 0 Å². The molecule has 0 heterocycles. The summed E-state index contributed by atoms with van der Waals surface area (Å²) in [6.45, 7) is 4.07. The first-order chi connectivity index (χ1) is 16.6. The number of carbonyl (C=O) groups excluding carboxylic acids is 2. The lowest BCUT2D eigenvalue weighted by Crippen LogP contribution is -2.51. The van der Waals surface area contributed by atoms with E-state index in [-0.39, 0.29) is 17.3 Å². The number of halogens is 1. The van der Waals surface area contributed by atoms with Crippen molar-refractivity contribution in [2.24, 2.45) is 0 Å². The lowest BCUT2D eigenvalue weighted by molar-refractivity contribution is -0.141. The fraction of sp³-hybridized carbons (Fsp3) is 0.440. The third kappa shape index (κ3) is 7.95. The Labute approximate surface area is 213 Å². The van der Waals surface area contributed by atoms with Gasteiger partial charge in [-0.2, -0.15) is 4.31 Å². The number of benzene rings is 2. The third-order valence-corrected chi connectivity index (χ3v) is 7.65. The molecule has 0 spiro atoms. The summed E-state index contributed by atoms with van der Waals surface area (Å²) in [4.78, 5) is 27.9. The van der Waals surface area contributed by atoms with Gasteiger partial charge in [-0.15, -0.1) is 0 Å². The molecular weight excluding hydrogens is 490 g/mol. The number of sulfonamides is 1. The molecule has 0 unspecified atom stereocenters. The molecule has 192 valence electrons. The Morgan fingerprint density at radius 3 is 2.40 bits per heavy atom. The Kier molecular flexibility index (Phi) is 11.0. The standard InChI is InChI=1S/C25H34ClN3O5S/c1-5-7-15-27-25(31)23(6-2)29(17-19-9-8-10-21(16-19)34-4)24(30)18-28(3)35(32,33)22-13-11-20(26)12-14-22/h8-14,16,23H,5-7,15,17-18H2,1-4H3,(H,27,31)/t23-/m0/s1. The highest BCUT2D eigenvalue weighted by Crippen LogP contribution is 2.20. The molecule has 1 N–H and O–H groups in total. The van der Waals surface area contributed by atoms with Gasteiger partial charge in [0.05, 0.1) is 18.6 Å². The number of likely N-dealkylation sites (N-methyl/N-ethyl adjacent to an activating group) is 1. The zero-order valence-corrected chi connectivity index (χ0v) is 22.2. The molecule has 2 rings (SSSR count). The Bertz CT molecular complexity index is 1090. The molecule has 35 heavy (non-hydrogen) atoms. The average Bonchev–Trinajstić information content (AvgIpc) is 2.84. The molecule has 0 aromatic heterocycles. The molecule has 0 fully saturated rings. The van der Waals surface area contributed by atoms with Crippen molar-refractivity contribution in [3.63, 3.8) is 0 Å². The summed E-state index contributed by atoms with van der Waals surface area (Å²) in [7, 11) is -1.04. The minimum Gasteiger partial charge on any atom is -0.497 e. The van der Waals surface area contributed by atoms with E-state index < -0.39 is 28.5 Å². The number of rotatable bonds is 13. The minimum atomic E-state index is -3.93. The topological polar surface area (TPSA) is 96.0 Å². The van der Waals surface area contributed by atoms with Gasteiger partial charge in [0.2, 0.25) is 21.8 Å². The SMILES string of the molecule is CCCCNC(=O)[C@H](CC)N(Cc1cccc(OC)c1)C(=O)CN(C)S(=O)(=O)c1ccc(Cl)cc1. The van der Waals surface area contributed by atoms with E-state index in [1.165, 1.54) is 36.2 Å². The number of nitrogens with one attached hydrogen (secondary N) is 1. The first kappa shape index (κ1) is 28.6. The van der Waals surface area contributed by atoms with Gasteiger partial charge in [-0.3, -0.25) is 9.59 Å². The van der Waals surface area contributed by atoms with E-state index in [0.29, 0.717) is 23.7 Å². The molecular formula is C25H34ClN3O5S. The number of hydrogen-bond donors (Lipinski definition) is 1. The Morgan fingerprint density at radius 2 is 1.80 bits per heavy atom. The van der Waals surface area contributed by atoms with Gasteiger partial charge in [-0.05, 0) is 54.8 Å². The zero-order valence-electron chi connectivity index (χ0n) is 20.7. The number of methoxy groups -OCH3 is 1. The van der Waals surface area contributed by atoms with E-state index in [2.05, 4.69) is 5.32 Å². The number of amides is 2. The second-order valence-corrected chi connectivity index (χ2v) is 10.6. The van der Waals surface area contributed by atoms with Crippen LogP contribution in [0.25, 0.3) is 0 Å². The summed E-state index contributed by atoms with van der Waals surface area (Å²) >= 11 is 5.88. The second-order valence-electron chi connectivity index (χ2n) is 8.16. The van der Waals surface area contributed by atoms with Crippen LogP contribution in [0, 0.1) is 0 Å². The fourth-order valence-corrected chi connectivity index (χ4v) is 4.79. The number of nitrogens with zero attached hydrogens (tertiary/aromatic N) is 2. The van der Waals surface area contributed by atoms with Crippen molar-refractivity contribution in [1.82, 2.24) is 14.5 Å². The highest BCUT2D eigenvalue weighted by Gasteiger charge is 2.31. The lowest BCUT2D eigenvalue weighted by atomic mass is 10.1. The maximum absolute atomic E-state index is 13.5. The predicted octanol–water partition coefficient (Wildman–Crippen LogP) is 3.69. The van der Waals surface area contributed by atoms with Gasteiger partial charge in [0, 0.05) is 25.2 Å². The van der Waals surface area contributed by atoms with Gasteiger partial charge in [0.15, 0.2) is 0 Å². The number of unbranched alkanes of at least 4 members (excludes halogenated alkanes) is 1. The number of hydrogen-bond acceptors (Lipinski definition) is 5. The van der Waals surface area contributed by atoms with Gasteiger partial charge in [0.1, 0.15) is 11.8 Å². The van der Waals surface area contributed by atoms with E-state index in [9.17, 15) is 18.0 Å². The predicted molar refractivity (Wildman–Crippen MR) is 137 cm³/mol. The van der Waals surface area contributed by atoms with Gasteiger partial charge in [-0.1, -0.05) is 44.0 Å². The number of carbonyl (C=O) groups is 2. The zero-order chi connectivity index (χ0) is 26.0. The van der Waals surface area contributed by atoms with Crippen molar-refractivity contribution < 1.29 is 22.7 Å². The summed E-state index contributed by atoms with van der Waals surface area (Å²) in [6.07, 6.45) is 2.13. The van der Waals surface area contributed by atoms with E-state index in [1.807, 2.05) is 19.9 Å². The smallest absolute Gasteiger partial charge is 0.243 e. The first-order valence-corrected chi connectivity index (χ1v) is 13.4. The fourth-order valence-electron chi connectivity index (χ4n) is 3.55. The van der Waals surface area contributed by atoms with Gasteiger partial charge in [-0.25, -0.2) is 8.42 Å². The summed E-state index contributed by atoms with van der Waals surface area (Å²) in [5.74, 6) is -0.122. The molecule has 0 saturated heterocycles. The first-order valence-electron chi connectivity index (χ1n) is 11.6. The molecule has 10 heteroatoms. The highest BCUT2D eigenvalue weighted by molar-refractivity contribution is 7.89. The molecule has 0 aliphatic rings. The van der Waals surface area contributed by atoms with Crippen LogP contribution in [0.1, 0.15) is 38.7 Å². The molecule has 0 saturated carbocycles. The molecule has 0 radical (unpaired) electrons. The molecule has 0 bridgehead atoms. The van der Waals surface area contributed by atoms with Crippen LogP contribution in [0.3, 0.4) is 0 Å². The molecule has 2 aromatic carbocycles. The molecule has 2 aromatic rings. The van der Waals surface area contributed by atoms with Gasteiger partial charge < -0.3 is 15.0 Å². The van der Waals surface area contributed by atoms with Crippen molar-refractivity contribution in [2.75, 3.05) is 27.2 Å². The van der Waals surface area contributed by atoms with E-state index in [0.717, 1.165) is 22.7 Å². The van der Waals surface area contributed by atoms with Gasteiger partial charge in [0.25, 0.3) is 0 Å². The van der Waals surface area contributed by atoms with Gasteiger partial charge >= 0.3 is 0 Å².